The Morgan fingerprint density at radius 3 is 2.19 bits per heavy atom. The molecule has 2 aliphatic carbocycles. The van der Waals surface area contributed by atoms with Crippen LogP contribution in [0.3, 0.4) is 0 Å². The molecule has 6 heteroatoms. The normalized spacial score (nSPS) is 10.3. The van der Waals surface area contributed by atoms with Crippen LogP contribution in [0.25, 0.3) is 11.1 Å². The van der Waals surface area contributed by atoms with Gasteiger partial charge in [0.25, 0.3) is 10.1 Å². The van der Waals surface area contributed by atoms with Crippen LogP contribution in [0.5, 0.6) is 0 Å². The third kappa shape index (κ3) is 3.04. The van der Waals surface area contributed by atoms with Crippen molar-refractivity contribution in [1.82, 2.24) is 0 Å². The number of rotatable bonds is 1. The van der Waals surface area contributed by atoms with Gasteiger partial charge in [0.2, 0.25) is 0 Å². The van der Waals surface area contributed by atoms with E-state index < -0.39 is 10.1 Å². The first-order valence-corrected chi connectivity index (χ1v) is 5.48. The standard InChI is InChI=1S/C10H8O3S.Na.H2O/c11-14(12,13)10-7-6-8-4-2-1-3-5-9(8)10;;/h1-7H,(H,11,12,13);;1H2. The van der Waals surface area contributed by atoms with Gasteiger partial charge in [-0.3, -0.25) is 4.55 Å². The van der Waals surface area contributed by atoms with E-state index in [1.165, 1.54) is 6.07 Å². The zero-order chi connectivity index (χ0) is 10.2. The molecule has 0 heterocycles. The molecule has 0 aromatic carbocycles. The van der Waals surface area contributed by atoms with Crippen molar-refractivity contribution in [3.8, 4) is 11.1 Å². The second-order valence-corrected chi connectivity index (χ2v) is 4.34. The molecule has 81 valence electrons. The summed E-state index contributed by atoms with van der Waals surface area (Å²) in [5, 5.41) is 0. The summed E-state index contributed by atoms with van der Waals surface area (Å²) in [5.74, 6) is 0. The van der Waals surface area contributed by atoms with Gasteiger partial charge in [-0.2, -0.15) is 8.42 Å². The molecular weight excluding hydrogens is 239 g/mol. The van der Waals surface area contributed by atoms with E-state index >= 15 is 0 Å². The Kier molecular flexibility index (Phi) is 5.61. The molecule has 2 rings (SSSR count). The van der Waals surface area contributed by atoms with Crippen molar-refractivity contribution in [2.75, 3.05) is 0 Å². The topological polar surface area (TPSA) is 85.9 Å². The largest absolute Gasteiger partial charge is 0.412 e. The second-order valence-electron chi connectivity index (χ2n) is 2.95. The summed E-state index contributed by atoms with van der Waals surface area (Å²) in [5.41, 5.74) is 1.33. The Bertz CT molecular complexity index is 538. The number of hydrogen-bond acceptors (Lipinski definition) is 2. The van der Waals surface area contributed by atoms with E-state index in [0.717, 1.165) is 5.56 Å². The van der Waals surface area contributed by atoms with Gasteiger partial charge in [-0.05, 0) is 11.6 Å². The summed E-state index contributed by atoms with van der Waals surface area (Å²) in [6, 6.07) is 11.9. The third-order valence-electron chi connectivity index (χ3n) is 2.03. The SMILES string of the molecule is O.O=S(=O)(O)c1ccc2cccccc1-2.[Na]. The van der Waals surface area contributed by atoms with Gasteiger partial charge >= 0.3 is 0 Å². The molecule has 3 N–H and O–H groups in total. The molecule has 0 aliphatic heterocycles. The average molecular weight is 249 g/mol. The minimum atomic E-state index is -4.12. The molecule has 0 aromatic heterocycles. The predicted molar refractivity (Wildman–Crippen MR) is 62.2 cm³/mol. The van der Waals surface area contributed by atoms with Gasteiger partial charge in [0.15, 0.2) is 0 Å². The maximum Gasteiger partial charge on any atom is 0.295 e. The summed E-state index contributed by atoms with van der Waals surface area (Å²) in [7, 11) is -4.12. The fourth-order valence-electron chi connectivity index (χ4n) is 1.41. The molecule has 0 fully saturated rings. The molecule has 0 atom stereocenters. The van der Waals surface area contributed by atoms with Crippen LogP contribution in [0.15, 0.2) is 47.4 Å². The molecule has 0 amide bonds. The van der Waals surface area contributed by atoms with Crippen LogP contribution in [-0.2, 0) is 10.1 Å². The summed E-state index contributed by atoms with van der Waals surface area (Å²) in [6.45, 7) is 0. The summed E-state index contributed by atoms with van der Waals surface area (Å²) in [4.78, 5) is -0.0382. The van der Waals surface area contributed by atoms with Crippen LogP contribution in [-0.4, -0.2) is 48.0 Å². The van der Waals surface area contributed by atoms with Crippen molar-refractivity contribution in [3.05, 3.63) is 42.5 Å². The molecule has 0 aromatic rings. The quantitative estimate of drug-likeness (QED) is 0.600. The molecule has 0 saturated carbocycles. The van der Waals surface area contributed by atoms with E-state index in [1.807, 2.05) is 6.07 Å². The maximum absolute atomic E-state index is 11.0. The van der Waals surface area contributed by atoms with E-state index in [9.17, 15) is 8.42 Å². The number of hydrogen-bond donors (Lipinski definition) is 1. The maximum atomic E-state index is 11.0. The van der Waals surface area contributed by atoms with Crippen LogP contribution >= 0.6 is 0 Å². The van der Waals surface area contributed by atoms with Gasteiger partial charge in [-0.25, -0.2) is 0 Å². The predicted octanol–water partition coefficient (Wildman–Crippen LogP) is 0.833. The summed E-state index contributed by atoms with van der Waals surface area (Å²) >= 11 is 0. The smallest absolute Gasteiger partial charge is 0.295 e. The Morgan fingerprint density at radius 1 is 0.938 bits per heavy atom. The second kappa shape index (κ2) is 5.77. The fraction of sp³-hybridized carbons (Fsp3) is 0. The van der Waals surface area contributed by atoms with Crippen LogP contribution < -0.4 is 0 Å². The van der Waals surface area contributed by atoms with E-state index in [0.29, 0.717) is 5.56 Å². The van der Waals surface area contributed by atoms with Crippen molar-refractivity contribution in [1.29, 1.82) is 0 Å². The minimum Gasteiger partial charge on any atom is -0.412 e. The van der Waals surface area contributed by atoms with Gasteiger partial charge in [0.1, 0.15) is 4.90 Å². The summed E-state index contributed by atoms with van der Waals surface area (Å²) in [6.07, 6.45) is 0. The Morgan fingerprint density at radius 2 is 1.56 bits per heavy atom. The van der Waals surface area contributed by atoms with Crippen molar-refractivity contribution in [3.63, 3.8) is 0 Å². The van der Waals surface area contributed by atoms with Crippen molar-refractivity contribution < 1.29 is 18.4 Å². The third-order valence-corrected chi connectivity index (χ3v) is 2.94. The zero-order valence-electron chi connectivity index (χ0n) is 8.71. The Labute approximate surface area is 116 Å². The first-order valence-electron chi connectivity index (χ1n) is 4.04. The van der Waals surface area contributed by atoms with Gasteiger partial charge in [0, 0.05) is 35.1 Å². The van der Waals surface area contributed by atoms with Gasteiger partial charge in [-0.1, -0.05) is 36.4 Å². The van der Waals surface area contributed by atoms with E-state index in [1.54, 1.807) is 30.3 Å². The molecule has 16 heavy (non-hydrogen) atoms. The monoisotopic (exact) mass is 249 g/mol. The molecule has 2 aliphatic rings. The Hall–Kier alpha value is -0.430. The fourth-order valence-corrected chi connectivity index (χ4v) is 2.11. The van der Waals surface area contributed by atoms with Gasteiger partial charge < -0.3 is 5.48 Å². The molecule has 0 unspecified atom stereocenters. The minimum absolute atomic E-state index is 0. The van der Waals surface area contributed by atoms with E-state index in [2.05, 4.69) is 0 Å². The van der Waals surface area contributed by atoms with Crippen LogP contribution in [0, 0.1) is 0 Å². The molecule has 0 saturated heterocycles. The van der Waals surface area contributed by atoms with Crippen molar-refractivity contribution in [2.45, 2.75) is 4.90 Å². The molecular formula is C10H10NaO4S. The first kappa shape index (κ1) is 15.6. The van der Waals surface area contributed by atoms with Crippen LogP contribution in [0.2, 0.25) is 0 Å². The number of fused-ring (bicyclic) bond motifs is 1. The Balaban J connectivity index is 0.00000112. The summed E-state index contributed by atoms with van der Waals surface area (Å²) < 4.78 is 30.9. The van der Waals surface area contributed by atoms with Gasteiger partial charge in [0.05, 0.1) is 0 Å². The van der Waals surface area contributed by atoms with Crippen LogP contribution in [0.1, 0.15) is 0 Å². The van der Waals surface area contributed by atoms with Gasteiger partial charge in [-0.15, -0.1) is 0 Å². The zero-order valence-corrected chi connectivity index (χ0v) is 11.5. The molecule has 0 bridgehead atoms. The average Bonchev–Trinajstić information content (AvgIpc) is 2.36. The van der Waals surface area contributed by atoms with Crippen molar-refractivity contribution >= 4 is 39.7 Å². The van der Waals surface area contributed by atoms with Crippen LogP contribution in [0.4, 0.5) is 0 Å². The molecule has 4 nitrogen and oxygen atoms in total. The van der Waals surface area contributed by atoms with E-state index in [-0.39, 0.29) is 39.9 Å². The molecule has 0 spiro atoms. The molecule has 1 radical (unpaired) electrons. The first-order chi connectivity index (χ1) is 6.59. The van der Waals surface area contributed by atoms with Crippen molar-refractivity contribution in [2.24, 2.45) is 0 Å². The van der Waals surface area contributed by atoms with E-state index in [4.69, 9.17) is 4.55 Å².